The summed E-state index contributed by atoms with van der Waals surface area (Å²) in [6.45, 7) is 0. The molecule has 0 radical (unpaired) electrons. The third-order valence-corrected chi connectivity index (χ3v) is 3.79. The van der Waals surface area contributed by atoms with Crippen molar-refractivity contribution in [3.63, 3.8) is 0 Å². The summed E-state index contributed by atoms with van der Waals surface area (Å²) >= 11 is 0. The number of aromatic amines is 1. The van der Waals surface area contributed by atoms with Crippen molar-refractivity contribution >= 4 is 17.7 Å². The average molecular weight is 316 g/mol. The monoisotopic (exact) mass is 316 g/mol. The van der Waals surface area contributed by atoms with Gasteiger partial charge in [-0.25, -0.2) is 0 Å². The molecule has 120 valence electrons. The Labute approximate surface area is 131 Å². The van der Waals surface area contributed by atoms with Crippen LogP contribution in [0.25, 0.3) is 0 Å². The molecular weight excluding hydrogens is 300 g/mol. The normalized spacial score (nSPS) is 16.4. The summed E-state index contributed by atoms with van der Waals surface area (Å²) in [6, 6.07) is 5.24. The predicted octanol–water partition coefficient (Wildman–Crippen LogP) is 0.843. The molecular formula is C15H16N4O4. The van der Waals surface area contributed by atoms with Crippen molar-refractivity contribution in [1.82, 2.24) is 9.97 Å². The molecule has 0 spiro atoms. The number of amides is 1. The first-order chi connectivity index (χ1) is 11.0. The molecule has 2 aromatic rings. The van der Waals surface area contributed by atoms with Crippen molar-refractivity contribution in [2.75, 3.05) is 25.3 Å². The Morgan fingerprint density at radius 2 is 2.04 bits per heavy atom. The summed E-state index contributed by atoms with van der Waals surface area (Å²) in [4.78, 5) is 30.8. The second-order valence-electron chi connectivity index (χ2n) is 5.13. The Hall–Kier alpha value is -3.03. The van der Waals surface area contributed by atoms with Crippen molar-refractivity contribution in [1.29, 1.82) is 0 Å². The third kappa shape index (κ3) is 2.59. The summed E-state index contributed by atoms with van der Waals surface area (Å²) in [5, 5.41) is 2.59. The number of fused-ring (bicyclic) bond motifs is 1. The van der Waals surface area contributed by atoms with Crippen LogP contribution in [0.15, 0.2) is 23.0 Å². The van der Waals surface area contributed by atoms with E-state index in [1.54, 1.807) is 25.3 Å². The second-order valence-corrected chi connectivity index (χ2v) is 5.13. The highest BCUT2D eigenvalue weighted by atomic mass is 16.5. The van der Waals surface area contributed by atoms with E-state index < -0.39 is 5.92 Å². The van der Waals surface area contributed by atoms with Gasteiger partial charge in [-0.1, -0.05) is 6.07 Å². The first kappa shape index (κ1) is 14.9. The van der Waals surface area contributed by atoms with Crippen LogP contribution < -0.4 is 26.1 Å². The van der Waals surface area contributed by atoms with Gasteiger partial charge in [0.25, 0.3) is 5.56 Å². The van der Waals surface area contributed by atoms with Crippen LogP contribution in [0.2, 0.25) is 0 Å². The lowest BCUT2D eigenvalue weighted by Crippen LogP contribution is -2.31. The Bertz CT molecular complexity index is 831. The molecule has 4 N–H and O–H groups in total. The molecule has 1 aliphatic rings. The number of hydrogen-bond donors (Lipinski definition) is 3. The number of anilines is 2. The van der Waals surface area contributed by atoms with E-state index in [9.17, 15) is 9.59 Å². The van der Waals surface area contributed by atoms with E-state index in [0.29, 0.717) is 22.6 Å². The number of benzene rings is 1. The topological polar surface area (TPSA) is 119 Å². The van der Waals surface area contributed by atoms with E-state index in [0.717, 1.165) is 0 Å². The van der Waals surface area contributed by atoms with Crippen LogP contribution in [0.3, 0.4) is 0 Å². The number of nitrogens with zero attached hydrogens (tertiary/aromatic N) is 1. The fourth-order valence-corrected chi connectivity index (χ4v) is 2.76. The van der Waals surface area contributed by atoms with E-state index in [1.807, 2.05) is 0 Å². The lowest BCUT2D eigenvalue weighted by molar-refractivity contribution is -0.116. The van der Waals surface area contributed by atoms with Crippen LogP contribution in [-0.2, 0) is 4.79 Å². The molecule has 0 saturated carbocycles. The summed E-state index contributed by atoms with van der Waals surface area (Å²) < 4.78 is 10.6. The summed E-state index contributed by atoms with van der Waals surface area (Å²) in [6.07, 6.45) is 0.115. The molecule has 0 unspecified atom stereocenters. The molecule has 1 amide bonds. The second kappa shape index (κ2) is 5.64. The molecule has 23 heavy (non-hydrogen) atoms. The van der Waals surface area contributed by atoms with Crippen LogP contribution in [0, 0.1) is 0 Å². The zero-order chi connectivity index (χ0) is 16.6. The Kier molecular flexibility index (Phi) is 3.65. The number of methoxy groups -OCH3 is 2. The summed E-state index contributed by atoms with van der Waals surface area (Å²) in [5.74, 6) is 0.581. The molecule has 8 nitrogen and oxygen atoms in total. The molecule has 0 fully saturated rings. The zero-order valence-corrected chi connectivity index (χ0v) is 12.7. The SMILES string of the molecule is COc1ccc([C@H]2CC(=O)Nc3nc(N)[nH]c(=O)c32)c(OC)c1. The number of carbonyl (C=O) groups is 1. The maximum atomic E-state index is 12.3. The van der Waals surface area contributed by atoms with Gasteiger partial charge in [-0.2, -0.15) is 4.98 Å². The molecule has 1 aromatic heterocycles. The zero-order valence-electron chi connectivity index (χ0n) is 12.7. The minimum absolute atomic E-state index is 0.0450. The number of aromatic nitrogens is 2. The molecule has 0 saturated heterocycles. The quantitative estimate of drug-likeness (QED) is 0.772. The Morgan fingerprint density at radius 3 is 2.74 bits per heavy atom. The Balaban J connectivity index is 2.19. The van der Waals surface area contributed by atoms with Crippen LogP contribution in [0.4, 0.5) is 11.8 Å². The molecule has 0 bridgehead atoms. The van der Waals surface area contributed by atoms with Crippen molar-refractivity contribution in [3.8, 4) is 11.5 Å². The smallest absolute Gasteiger partial charge is 0.258 e. The van der Waals surface area contributed by atoms with E-state index in [-0.39, 0.29) is 29.7 Å². The van der Waals surface area contributed by atoms with Gasteiger partial charge in [-0.3, -0.25) is 14.6 Å². The van der Waals surface area contributed by atoms with Crippen molar-refractivity contribution in [3.05, 3.63) is 39.7 Å². The van der Waals surface area contributed by atoms with Gasteiger partial charge >= 0.3 is 0 Å². The third-order valence-electron chi connectivity index (χ3n) is 3.79. The van der Waals surface area contributed by atoms with Crippen molar-refractivity contribution in [2.24, 2.45) is 0 Å². The van der Waals surface area contributed by atoms with Crippen LogP contribution in [-0.4, -0.2) is 30.1 Å². The number of carbonyl (C=O) groups excluding carboxylic acids is 1. The Morgan fingerprint density at radius 1 is 1.26 bits per heavy atom. The first-order valence-electron chi connectivity index (χ1n) is 6.95. The van der Waals surface area contributed by atoms with Gasteiger partial charge in [0.05, 0.1) is 19.8 Å². The summed E-state index contributed by atoms with van der Waals surface area (Å²) in [7, 11) is 3.07. The van der Waals surface area contributed by atoms with Gasteiger partial charge in [0.15, 0.2) is 0 Å². The molecule has 8 heteroatoms. The van der Waals surface area contributed by atoms with Gasteiger partial charge in [-0.05, 0) is 6.07 Å². The van der Waals surface area contributed by atoms with E-state index >= 15 is 0 Å². The minimum atomic E-state index is -0.476. The van der Waals surface area contributed by atoms with Crippen LogP contribution in [0.5, 0.6) is 11.5 Å². The molecule has 1 aromatic carbocycles. The highest BCUT2D eigenvalue weighted by Crippen LogP contribution is 2.39. The van der Waals surface area contributed by atoms with E-state index in [1.165, 1.54) is 7.11 Å². The number of rotatable bonds is 3. The fourth-order valence-electron chi connectivity index (χ4n) is 2.76. The van der Waals surface area contributed by atoms with E-state index in [2.05, 4.69) is 15.3 Å². The predicted molar refractivity (Wildman–Crippen MR) is 83.9 cm³/mol. The average Bonchev–Trinajstić information content (AvgIpc) is 2.52. The van der Waals surface area contributed by atoms with Gasteiger partial charge in [0, 0.05) is 24.0 Å². The van der Waals surface area contributed by atoms with Crippen LogP contribution >= 0.6 is 0 Å². The van der Waals surface area contributed by atoms with Gasteiger partial charge < -0.3 is 20.5 Å². The minimum Gasteiger partial charge on any atom is -0.497 e. The van der Waals surface area contributed by atoms with Gasteiger partial charge in [-0.15, -0.1) is 0 Å². The maximum Gasteiger partial charge on any atom is 0.258 e. The van der Waals surface area contributed by atoms with Gasteiger partial charge in [0.1, 0.15) is 17.3 Å². The van der Waals surface area contributed by atoms with Gasteiger partial charge in [0.2, 0.25) is 11.9 Å². The standard InChI is InChI=1S/C15H16N4O4/c1-22-7-3-4-8(10(5-7)23-2)9-6-11(20)17-13-12(9)14(21)19-15(16)18-13/h3-5,9H,6H2,1-2H3,(H4,16,17,18,19,20,21)/t9-/m1/s1. The number of ether oxygens (including phenoxy) is 2. The number of nitrogens with one attached hydrogen (secondary N) is 2. The highest BCUT2D eigenvalue weighted by molar-refractivity contribution is 5.94. The fraction of sp³-hybridized carbons (Fsp3) is 0.267. The highest BCUT2D eigenvalue weighted by Gasteiger charge is 2.32. The molecule has 2 heterocycles. The number of hydrogen-bond acceptors (Lipinski definition) is 6. The number of H-pyrrole nitrogens is 1. The molecule has 0 aliphatic carbocycles. The molecule has 3 rings (SSSR count). The number of nitrogens with two attached hydrogens (primary N) is 1. The van der Waals surface area contributed by atoms with Crippen LogP contribution in [0.1, 0.15) is 23.5 Å². The van der Waals surface area contributed by atoms with E-state index in [4.69, 9.17) is 15.2 Å². The summed E-state index contributed by atoms with van der Waals surface area (Å²) in [5.41, 5.74) is 6.24. The van der Waals surface area contributed by atoms with Crippen molar-refractivity contribution < 1.29 is 14.3 Å². The van der Waals surface area contributed by atoms with Crippen molar-refractivity contribution in [2.45, 2.75) is 12.3 Å². The largest absolute Gasteiger partial charge is 0.497 e. The lowest BCUT2D eigenvalue weighted by atomic mass is 9.86. The molecule has 1 aliphatic heterocycles. The lowest BCUT2D eigenvalue weighted by Gasteiger charge is -2.25. The first-order valence-corrected chi connectivity index (χ1v) is 6.95. The molecule has 1 atom stereocenters. The maximum absolute atomic E-state index is 12.3. The number of nitrogen functional groups attached to an aromatic ring is 1.